The Hall–Kier alpha value is -5.91. The minimum Gasteiger partial charge on any atom is -0.371 e. The number of carbonyl (C=O) groups is 6. The second-order valence-electron chi connectivity index (χ2n) is 15.1. The van der Waals surface area contributed by atoms with Gasteiger partial charge in [0.1, 0.15) is 11.9 Å². The molecule has 2 aromatic heterocycles. The van der Waals surface area contributed by atoms with Crippen LogP contribution in [0.15, 0.2) is 36.8 Å². The summed E-state index contributed by atoms with van der Waals surface area (Å²) in [4.78, 5) is 92.4. The van der Waals surface area contributed by atoms with Gasteiger partial charge in [-0.2, -0.15) is 5.10 Å². The normalized spacial score (nSPS) is 22.4. The van der Waals surface area contributed by atoms with Crippen LogP contribution in [0, 0.1) is 11.8 Å². The quantitative estimate of drug-likeness (QED) is 0.206. The number of amides is 6. The first-order valence-corrected chi connectivity index (χ1v) is 18.8. The van der Waals surface area contributed by atoms with Crippen LogP contribution in [-0.2, 0) is 21.4 Å². The van der Waals surface area contributed by atoms with Gasteiger partial charge in [0.15, 0.2) is 11.5 Å². The van der Waals surface area contributed by atoms with Gasteiger partial charge in [0.25, 0.3) is 17.7 Å². The van der Waals surface area contributed by atoms with Crippen molar-refractivity contribution in [3.63, 3.8) is 0 Å². The van der Waals surface area contributed by atoms with E-state index >= 15 is 0 Å². The van der Waals surface area contributed by atoms with E-state index in [-0.39, 0.29) is 53.3 Å². The van der Waals surface area contributed by atoms with Gasteiger partial charge >= 0.3 is 0 Å². The molecule has 2 unspecified atom stereocenters. The minimum absolute atomic E-state index is 0.0348. The number of rotatable bonds is 10. The summed E-state index contributed by atoms with van der Waals surface area (Å²) in [6.45, 7) is 5.54. The molecule has 6 amide bonds. The summed E-state index contributed by atoms with van der Waals surface area (Å²) in [7, 11) is 1.79. The number of carbonyl (C=O) groups excluding carboxylic acids is 6. The topological polar surface area (TPSA) is 221 Å². The number of benzene rings is 1. The lowest BCUT2D eigenvalue weighted by Gasteiger charge is -2.44. The molecule has 8 rings (SSSR count). The van der Waals surface area contributed by atoms with Gasteiger partial charge in [-0.3, -0.25) is 43.7 Å². The van der Waals surface area contributed by atoms with Crippen LogP contribution in [0.4, 0.5) is 23.0 Å². The molecule has 18 nitrogen and oxygen atoms in total. The molecule has 3 aromatic rings. The van der Waals surface area contributed by atoms with Gasteiger partial charge in [-0.1, -0.05) is 0 Å². The van der Waals surface area contributed by atoms with E-state index in [1.807, 2.05) is 6.07 Å². The van der Waals surface area contributed by atoms with Crippen molar-refractivity contribution in [2.24, 2.45) is 24.6 Å². The van der Waals surface area contributed by atoms with E-state index in [1.165, 1.54) is 0 Å². The third-order valence-electron chi connectivity index (χ3n) is 11.3. The largest absolute Gasteiger partial charge is 0.371 e. The van der Waals surface area contributed by atoms with Crippen LogP contribution >= 0.6 is 0 Å². The summed E-state index contributed by atoms with van der Waals surface area (Å²) in [5.74, 6) is -1.42. The maximum absolute atomic E-state index is 13.4. The highest BCUT2D eigenvalue weighted by atomic mass is 16.2. The van der Waals surface area contributed by atoms with Crippen LogP contribution in [0.5, 0.6) is 0 Å². The molecule has 4 saturated heterocycles. The number of imide groups is 2. The number of fused-ring (bicyclic) bond motifs is 1. The zero-order valence-electron chi connectivity index (χ0n) is 30.6. The SMILES string of the molecule is Cn1cc(Nc2nc(N3CCCC(NC(=O)C4CCN(CC5CN(c6ccc7c(c6)C(=O)N(C6CCC(=O)NC6=O)C7=O)C5)CC4)C3)cnc2C(N)=O)cn1. The van der Waals surface area contributed by atoms with Gasteiger partial charge in [-0.25, -0.2) is 9.97 Å². The van der Waals surface area contributed by atoms with Crippen molar-refractivity contribution in [1.82, 2.24) is 40.2 Å². The molecule has 18 heteroatoms. The van der Waals surface area contributed by atoms with Crippen molar-refractivity contribution < 1.29 is 28.8 Å². The minimum atomic E-state index is -0.985. The van der Waals surface area contributed by atoms with Crippen LogP contribution in [0.25, 0.3) is 0 Å². The van der Waals surface area contributed by atoms with Crippen molar-refractivity contribution in [2.75, 3.05) is 60.9 Å². The lowest BCUT2D eigenvalue weighted by molar-refractivity contribution is -0.136. The lowest BCUT2D eigenvalue weighted by atomic mass is 9.92. The van der Waals surface area contributed by atoms with Gasteiger partial charge in [0.2, 0.25) is 17.7 Å². The summed E-state index contributed by atoms with van der Waals surface area (Å²) < 4.78 is 1.63. The Kier molecular flexibility index (Phi) is 9.66. The number of anilines is 4. The number of aromatic nitrogens is 4. The first kappa shape index (κ1) is 36.1. The van der Waals surface area contributed by atoms with Gasteiger partial charge < -0.3 is 31.1 Å². The standard InChI is InChI=1S/C37H44N12O6/c1-45-19-24(14-40-45)41-33-31(32(38)51)39-15-29(43-33)47-10-2-3-23(20-47)42-34(52)22-8-11-46(12-9-22)16-21-17-48(18-21)25-4-5-26-27(13-25)37(55)49(36(26)54)28-6-7-30(50)44-35(28)53/h4-5,13-15,19,21-23,28H,2-3,6-12,16-18,20H2,1H3,(H2,38,51)(H,41,43)(H,42,52)(H,44,50,53). The number of hydrogen-bond donors (Lipinski definition) is 4. The Labute approximate surface area is 316 Å². The Balaban J connectivity index is 0.794. The number of piperidine rings is 3. The van der Waals surface area contributed by atoms with Crippen LogP contribution in [0.1, 0.15) is 69.7 Å². The number of nitrogens with two attached hydrogens (primary N) is 1. The molecule has 55 heavy (non-hydrogen) atoms. The van der Waals surface area contributed by atoms with Gasteiger partial charge in [-0.05, 0) is 63.4 Å². The first-order valence-electron chi connectivity index (χ1n) is 18.8. The molecule has 5 aliphatic rings. The summed E-state index contributed by atoms with van der Waals surface area (Å²) in [5, 5.41) is 12.8. The van der Waals surface area contributed by atoms with Crippen LogP contribution in [0.2, 0.25) is 0 Å². The molecule has 7 heterocycles. The molecular formula is C37H44N12O6. The number of likely N-dealkylation sites (tertiary alicyclic amines) is 1. The highest BCUT2D eigenvalue weighted by Crippen LogP contribution is 2.34. The van der Waals surface area contributed by atoms with E-state index in [0.29, 0.717) is 24.0 Å². The zero-order valence-corrected chi connectivity index (χ0v) is 30.6. The van der Waals surface area contributed by atoms with Gasteiger partial charge in [0.05, 0.1) is 29.2 Å². The van der Waals surface area contributed by atoms with E-state index in [1.54, 1.807) is 42.5 Å². The molecule has 0 spiro atoms. The molecule has 1 aromatic carbocycles. The van der Waals surface area contributed by atoms with Crippen LogP contribution in [-0.4, -0.2) is 123 Å². The van der Waals surface area contributed by atoms with E-state index < -0.39 is 35.6 Å². The number of aryl methyl sites for hydroxylation is 1. The highest BCUT2D eigenvalue weighted by Gasteiger charge is 2.45. The van der Waals surface area contributed by atoms with Gasteiger partial charge in [-0.15, -0.1) is 0 Å². The van der Waals surface area contributed by atoms with E-state index in [2.05, 4.69) is 45.7 Å². The van der Waals surface area contributed by atoms with Crippen molar-refractivity contribution in [2.45, 2.75) is 50.6 Å². The molecular weight excluding hydrogens is 708 g/mol. The molecule has 0 bridgehead atoms. The molecule has 4 fully saturated rings. The first-order chi connectivity index (χ1) is 26.5. The maximum Gasteiger partial charge on any atom is 0.271 e. The third kappa shape index (κ3) is 7.33. The number of primary amides is 1. The third-order valence-corrected chi connectivity index (χ3v) is 11.3. The average Bonchev–Trinajstić information content (AvgIpc) is 3.67. The van der Waals surface area contributed by atoms with Gasteiger partial charge in [0, 0.05) is 76.0 Å². The van der Waals surface area contributed by atoms with Crippen molar-refractivity contribution >= 4 is 58.5 Å². The summed E-state index contributed by atoms with van der Waals surface area (Å²) in [6.07, 6.45) is 8.42. The average molecular weight is 753 g/mol. The molecule has 0 radical (unpaired) electrons. The number of nitrogens with zero attached hydrogens (tertiary/aromatic N) is 8. The molecule has 0 aliphatic carbocycles. The van der Waals surface area contributed by atoms with E-state index in [0.717, 1.165) is 75.5 Å². The van der Waals surface area contributed by atoms with Crippen molar-refractivity contribution in [1.29, 1.82) is 0 Å². The second kappa shape index (κ2) is 14.7. The molecule has 0 saturated carbocycles. The maximum atomic E-state index is 13.4. The fraction of sp³-hybridized carbons (Fsp3) is 0.486. The van der Waals surface area contributed by atoms with Crippen molar-refractivity contribution in [3.8, 4) is 0 Å². The predicted octanol–water partition coefficient (Wildman–Crippen LogP) is 0.387. The van der Waals surface area contributed by atoms with Crippen LogP contribution in [0.3, 0.4) is 0 Å². The summed E-state index contributed by atoms with van der Waals surface area (Å²) >= 11 is 0. The Morgan fingerprint density at radius 2 is 1.73 bits per heavy atom. The fourth-order valence-electron chi connectivity index (χ4n) is 8.34. The highest BCUT2D eigenvalue weighted by molar-refractivity contribution is 6.23. The molecule has 5 N–H and O–H groups in total. The predicted molar refractivity (Wildman–Crippen MR) is 198 cm³/mol. The lowest BCUT2D eigenvalue weighted by Crippen LogP contribution is -2.54. The zero-order chi connectivity index (χ0) is 38.4. The molecule has 2 atom stereocenters. The summed E-state index contributed by atoms with van der Waals surface area (Å²) in [6, 6.07) is 4.20. The Morgan fingerprint density at radius 3 is 2.45 bits per heavy atom. The van der Waals surface area contributed by atoms with E-state index in [4.69, 9.17) is 5.73 Å². The Morgan fingerprint density at radius 1 is 0.945 bits per heavy atom. The Bertz CT molecular complexity index is 2050. The number of nitrogens with one attached hydrogen (secondary N) is 3. The van der Waals surface area contributed by atoms with E-state index in [9.17, 15) is 28.8 Å². The summed E-state index contributed by atoms with van der Waals surface area (Å²) in [5.41, 5.74) is 7.67. The van der Waals surface area contributed by atoms with Crippen LogP contribution < -0.4 is 31.5 Å². The monoisotopic (exact) mass is 752 g/mol. The smallest absolute Gasteiger partial charge is 0.271 e. The van der Waals surface area contributed by atoms with Crippen molar-refractivity contribution in [3.05, 3.63) is 53.6 Å². The second-order valence-corrected chi connectivity index (χ2v) is 15.1. The molecule has 5 aliphatic heterocycles. The number of hydrogen-bond acceptors (Lipinski definition) is 13. The molecule has 288 valence electrons. The fourth-order valence-corrected chi connectivity index (χ4v) is 8.34.